The Balaban J connectivity index is 2.85. The second kappa shape index (κ2) is 2.11. The summed E-state index contributed by atoms with van der Waals surface area (Å²) < 4.78 is 0. The highest BCUT2D eigenvalue weighted by atomic mass is 15.2. The Hall–Kier alpha value is -0.790. The zero-order chi connectivity index (χ0) is 7.78. The summed E-state index contributed by atoms with van der Waals surface area (Å²) >= 11 is 0. The first kappa shape index (κ1) is 7.32. The minimum atomic E-state index is -0.00338. The van der Waals surface area contributed by atoms with Crippen molar-refractivity contribution in [1.29, 1.82) is 0 Å². The number of hydrogen-bond donors (Lipinski definition) is 0. The van der Waals surface area contributed by atoms with E-state index in [1.54, 1.807) is 0 Å². The Labute approximate surface area is 62.3 Å². The SMILES string of the molecule is CC1=NC(C)(C)C=CN1C. The Kier molecular flexibility index (Phi) is 1.55. The molecule has 0 amide bonds. The number of hydrogen-bond acceptors (Lipinski definition) is 2. The average Bonchev–Trinajstić information content (AvgIpc) is 1.79. The van der Waals surface area contributed by atoms with Crippen LogP contribution in [0, 0.1) is 0 Å². The predicted octanol–water partition coefficient (Wildman–Crippen LogP) is 1.64. The molecule has 56 valence electrons. The van der Waals surface area contributed by atoms with Crippen molar-refractivity contribution in [1.82, 2.24) is 4.90 Å². The van der Waals surface area contributed by atoms with Crippen LogP contribution in [0.3, 0.4) is 0 Å². The molecule has 0 aromatic heterocycles. The molecular formula is C8H14N2. The molecule has 0 saturated heterocycles. The van der Waals surface area contributed by atoms with Gasteiger partial charge in [0.15, 0.2) is 0 Å². The number of aliphatic imine (C=N–C) groups is 1. The van der Waals surface area contributed by atoms with Gasteiger partial charge in [-0.3, -0.25) is 4.99 Å². The monoisotopic (exact) mass is 138 g/mol. The molecule has 0 N–H and O–H groups in total. The molecular weight excluding hydrogens is 124 g/mol. The van der Waals surface area contributed by atoms with E-state index in [9.17, 15) is 0 Å². The summed E-state index contributed by atoms with van der Waals surface area (Å²) in [6.45, 7) is 6.21. The van der Waals surface area contributed by atoms with Crippen molar-refractivity contribution in [2.45, 2.75) is 26.3 Å². The molecule has 0 bridgehead atoms. The van der Waals surface area contributed by atoms with Crippen LogP contribution in [0.2, 0.25) is 0 Å². The Morgan fingerprint density at radius 1 is 1.50 bits per heavy atom. The summed E-state index contributed by atoms with van der Waals surface area (Å²) in [7, 11) is 2.00. The molecule has 1 heterocycles. The van der Waals surface area contributed by atoms with Gasteiger partial charge in [0.1, 0.15) is 5.84 Å². The lowest BCUT2D eigenvalue weighted by molar-refractivity contribution is 0.567. The molecule has 0 saturated carbocycles. The fourth-order valence-electron chi connectivity index (χ4n) is 0.935. The highest BCUT2D eigenvalue weighted by molar-refractivity contribution is 5.81. The van der Waals surface area contributed by atoms with Crippen LogP contribution < -0.4 is 0 Å². The van der Waals surface area contributed by atoms with E-state index in [-0.39, 0.29) is 5.54 Å². The molecule has 2 heteroatoms. The van der Waals surface area contributed by atoms with Crippen LogP contribution >= 0.6 is 0 Å². The molecule has 0 fully saturated rings. The highest BCUT2D eigenvalue weighted by Crippen LogP contribution is 2.16. The first-order chi connectivity index (χ1) is 4.51. The predicted molar refractivity (Wildman–Crippen MR) is 44.1 cm³/mol. The van der Waals surface area contributed by atoms with Gasteiger partial charge in [0.2, 0.25) is 0 Å². The Morgan fingerprint density at radius 3 is 2.50 bits per heavy atom. The molecule has 0 atom stereocenters. The molecule has 0 aromatic carbocycles. The lowest BCUT2D eigenvalue weighted by Crippen LogP contribution is -2.28. The van der Waals surface area contributed by atoms with Gasteiger partial charge >= 0.3 is 0 Å². The van der Waals surface area contributed by atoms with Crippen LogP contribution in [0.25, 0.3) is 0 Å². The van der Waals surface area contributed by atoms with E-state index in [0.717, 1.165) is 5.84 Å². The summed E-state index contributed by atoms with van der Waals surface area (Å²) in [5.41, 5.74) is -0.00338. The van der Waals surface area contributed by atoms with Crippen LogP contribution in [0.5, 0.6) is 0 Å². The Bertz CT molecular complexity index is 189. The second-order valence-electron chi connectivity index (χ2n) is 3.24. The maximum atomic E-state index is 4.45. The molecule has 2 nitrogen and oxygen atoms in total. The third-order valence-electron chi connectivity index (χ3n) is 1.67. The van der Waals surface area contributed by atoms with Crippen LogP contribution in [0.4, 0.5) is 0 Å². The van der Waals surface area contributed by atoms with Crippen molar-refractivity contribution >= 4 is 5.84 Å². The van der Waals surface area contributed by atoms with Gasteiger partial charge in [0.05, 0.1) is 5.54 Å². The molecule has 1 aliphatic heterocycles. The minimum absolute atomic E-state index is 0.00338. The van der Waals surface area contributed by atoms with Gasteiger partial charge < -0.3 is 4.90 Å². The van der Waals surface area contributed by atoms with Crippen LogP contribution in [-0.2, 0) is 0 Å². The molecule has 0 unspecified atom stereocenters. The number of amidine groups is 1. The van der Waals surface area contributed by atoms with Gasteiger partial charge in [0.25, 0.3) is 0 Å². The molecule has 0 aromatic rings. The summed E-state index contributed by atoms with van der Waals surface area (Å²) in [6, 6.07) is 0. The summed E-state index contributed by atoms with van der Waals surface area (Å²) in [4.78, 5) is 6.47. The van der Waals surface area contributed by atoms with E-state index in [1.165, 1.54) is 0 Å². The first-order valence-corrected chi connectivity index (χ1v) is 3.50. The number of rotatable bonds is 0. The minimum Gasteiger partial charge on any atom is -0.340 e. The van der Waals surface area contributed by atoms with E-state index in [0.29, 0.717) is 0 Å². The summed E-state index contributed by atoms with van der Waals surface area (Å²) in [6.07, 6.45) is 4.16. The first-order valence-electron chi connectivity index (χ1n) is 3.50. The molecule has 10 heavy (non-hydrogen) atoms. The largest absolute Gasteiger partial charge is 0.340 e. The fraction of sp³-hybridized carbons (Fsp3) is 0.625. The van der Waals surface area contributed by atoms with Crippen molar-refractivity contribution in [3.63, 3.8) is 0 Å². The van der Waals surface area contributed by atoms with Gasteiger partial charge in [0, 0.05) is 13.2 Å². The normalized spacial score (nSPS) is 22.8. The van der Waals surface area contributed by atoms with Gasteiger partial charge in [-0.1, -0.05) is 0 Å². The zero-order valence-corrected chi connectivity index (χ0v) is 7.05. The van der Waals surface area contributed by atoms with Crippen molar-refractivity contribution in [2.24, 2.45) is 4.99 Å². The van der Waals surface area contributed by atoms with Gasteiger partial charge in [-0.15, -0.1) is 0 Å². The van der Waals surface area contributed by atoms with Gasteiger partial charge in [-0.2, -0.15) is 0 Å². The van der Waals surface area contributed by atoms with E-state index in [1.807, 2.05) is 18.9 Å². The lowest BCUT2D eigenvalue weighted by Gasteiger charge is -2.26. The quantitative estimate of drug-likeness (QED) is 0.497. The molecule has 0 radical (unpaired) electrons. The third kappa shape index (κ3) is 1.38. The topological polar surface area (TPSA) is 15.6 Å². The van der Waals surface area contributed by atoms with Crippen LogP contribution in [0.15, 0.2) is 17.3 Å². The smallest absolute Gasteiger partial charge is 0.100 e. The van der Waals surface area contributed by atoms with Crippen molar-refractivity contribution in [2.75, 3.05) is 7.05 Å². The zero-order valence-electron chi connectivity index (χ0n) is 7.05. The average molecular weight is 138 g/mol. The molecule has 0 spiro atoms. The third-order valence-corrected chi connectivity index (χ3v) is 1.67. The van der Waals surface area contributed by atoms with Crippen molar-refractivity contribution in [3.8, 4) is 0 Å². The van der Waals surface area contributed by atoms with Crippen molar-refractivity contribution in [3.05, 3.63) is 12.3 Å². The maximum Gasteiger partial charge on any atom is 0.100 e. The lowest BCUT2D eigenvalue weighted by atomic mass is 10.1. The maximum absolute atomic E-state index is 4.45. The van der Waals surface area contributed by atoms with E-state index in [4.69, 9.17) is 0 Å². The molecule has 1 rings (SSSR count). The standard InChI is InChI=1S/C8H14N2/c1-7-9-8(2,3)5-6-10(7)4/h5-6H,1-4H3. The highest BCUT2D eigenvalue weighted by Gasteiger charge is 2.16. The second-order valence-corrected chi connectivity index (χ2v) is 3.24. The Morgan fingerprint density at radius 2 is 2.10 bits per heavy atom. The van der Waals surface area contributed by atoms with Gasteiger partial charge in [-0.05, 0) is 26.8 Å². The van der Waals surface area contributed by atoms with Crippen molar-refractivity contribution < 1.29 is 0 Å². The van der Waals surface area contributed by atoms with Crippen LogP contribution in [0.1, 0.15) is 20.8 Å². The number of nitrogens with zero attached hydrogens (tertiary/aromatic N) is 2. The fourth-order valence-corrected chi connectivity index (χ4v) is 0.935. The van der Waals surface area contributed by atoms with Gasteiger partial charge in [-0.25, -0.2) is 0 Å². The summed E-state index contributed by atoms with van der Waals surface area (Å²) in [5, 5.41) is 0. The van der Waals surface area contributed by atoms with Crippen LogP contribution in [-0.4, -0.2) is 23.3 Å². The molecule has 1 aliphatic rings. The van der Waals surface area contributed by atoms with E-state index in [2.05, 4.69) is 31.1 Å². The van der Waals surface area contributed by atoms with E-state index >= 15 is 0 Å². The summed E-state index contributed by atoms with van der Waals surface area (Å²) in [5.74, 6) is 1.08. The molecule has 0 aliphatic carbocycles. The van der Waals surface area contributed by atoms with E-state index < -0.39 is 0 Å².